The van der Waals surface area contributed by atoms with Crippen LogP contribution in [0, 0.1) is 0 Å². The van der Waals surface area contributed by atoms with Gasteiger partial charge in [-0.15, -0.1) is 0 Å². The second-order valence-electron chi connectivity index (χ2n) is 6.02. The number of sulfonamides is 1. The zero-order valence-electron chi connectivity index (χ0n) is 14.9. The summed E-state index contributed by atoms with van der Waals surface area (Å²) < 4.78 is 32.2. The highest BCUT2D eigenvalue weighted by Gasteiger charge is 2.26. The van der Waals surface area contributed by atoms with Gasteiger partial charge in [-0.25, -0.2) is 13.1 Å². The Morgan fingerprint density at radius 1 is 1.22 bits per heavy atom. The number of likely N-dealkylation sites (N-methyl/N-ethyl adjacent to an activating group) is 1. The fraction of sp³-hybridized carbons (Fsp3) is 0.222. The second kappa shape index (κ2) is 7.37. The molecule has 2 aromatic rings. The quantitative estimate of drug-likeness (QED) is 0.771. The lowest BCUT2D eigenvalue weighted by molar-refractivity contribution is -0.117. The number of ether oxygens (including phenoxy) is 1. The SMILES string of the molecule is COc1cccc(NC(=O)CNS(=O)(=O)c2ccc3c(c2)CC(=O)N3C)c1. The van der Waals surface area contributed by atoms with Crippen molar-refractivity contribution >= 4 is 33.2 Å². The summed E-state index contributed by atoms with van der Waals surface area (Å²) in [7, 11) is -0.729. The molecule has 0 saturated carbocycles. The van der Waals surface area contributed by atoms with Gasteiger partial charge in [0.15, 0.2) is 0 Å². The van der Waals surface area contributed by atoms with Gasteiger partial charge in [0.2, 0.25) is 21.8 Å². The van der Waals surface area contributed by atoms with Crippen molar-refractivity contribution in [2.75, 3.05) is 30.9 Å². The summed E-state index contributed by atoms with van der Waals surface area (Å²) in [6.07, 6.45) is 0.158. The molecular weight excluding hydrogens is 370 g/mol. The van der Waals surface area contributed by atoms with E-state index in [4.69, 9.17) is 4.74 Å². The molecule has 0 saturated heterocycles. The van der Waals surface area contributed by atoms with Crippen LogP contribution in [0.15, 0.2) is 47.4 Å². The zero-order valence-corrected chi connectivity index (χ0v) is 15.7. The Labute approximate surface area is 157 Å². The highest BCUT2D eigenvalue weighted by Crippen LogP contribution is 2.29. The van der Waals surface area contributed by atoms with Gasteiger partial charge >= 0.3 is 0 Å². The number of carbonyl (C=O) groups is 2. The molecule has 2 aromatic carbocycles. The number of benzene rings is 2. The van der Waals surface area contributed by atoms with Gasteiger partial charge in [-0.05, 0) is 35.9 Å². The van der Waals surface area contributed by atoms with E-state index in [-0.39, 0.29) is 17.2 Å². The number of amides is 2. The second-order valence-corrected chi connectivity index (χ2v) is 7.79. The van der Waals surface area contributed by atoms with E-state index in [1.807, 2.05) is 0 Å². The van der Waals surface area contributed by atoms with Crippen LogP contribution < -0.4 is 19.7 Å². The van der Waals surface area contributed by atoms with Gasteiger partial charge < -0.3 is 15.0 Å². The van der Waals surface area contributed by atoms with E-state index in [2.05, 4.69) is 10.0 Å². The average Bonchev–Trinajstić information content (AvgIpc) is 2.94. The number of nitrogens with one attached hydrogen (secondary N) is 2. The van der Waals surface area contributed by atoms with Crippen molar-refractivity contribution < 1.29 is 22.7 Å². The molecule has 0 aliphatic carbocycles. The Kier molecular flexibility index (Phi) is 5.15. The monoisotopic (exact) mass is 389 g/mol. The van der Waals surface area contributed by atoms with Crippen LogP contribution in [0.1, 0.15) is 5.56 Å². The van der Waals surface area contributed by atoms with Crippen LogP contribution in [0.3, 0.4) is 0 Å². The van der Waals surface area contributed by atoms with Crippen LogP contribution in [-0.4, -0.2) is 40.9 Å². The molecule has 142 valence electrons. The number of hydrogen-bond acceptors (Lipinski definition) is 5. The highest BCUT2D eigenvalue weighted by molar-refractivity contribution is 7.89. The standard InChI is InChI=1S/C18H19N3O5S/c1-21-16-7-6-15(8-12(16)9-18(21)23)27(24,25)19-11-17(22)20-13-4-3-5-14(10-13)26-2/h3-8,10,19H,9,11H2,1-2H3,(H,20,22). The van der Waals surface area contributed by atoms with E-state index < -0.39 is 22.5 Å². The van der Waals surface area contributed by atoms with Gasteiger partial charge in [0.1, 0.15) is 5.75 Å². The number of fused-ring (bicyclic) bond motifs is 1. The summed E-state index contributed by atoms with van der Waals surface area (Å²) in [6.45, 7) is -0.421. The molecule has 0 unspecified atom stereocenters. The summed E-state index contributed by atoms with van der Waals surface area (Å²) >= 11 is 0. The Morgan fingerprint density at radius 2 is 2.00 bits per heavy atom. The molecule has 9 heteroatoms. The number of hydrogen-bond donors (Lipinski definition) is 2. The van der Waals surface area contributed by atoms with Crippen molar-refractivity contribution in [1.82, 2.24) is 4.72 Å². The van der Waals surface area contributed by atoms with E-state index in [0.717, 1.165) is 0 Å². The fourth-order valence-electron chi connectivity index (χ4n) is 2.76. The van der Waals surface area contributed by atoms with Gasteiger partial charge in [-0.2, -0.15) is 0 Å². The topological polar surface area (TPSA) is 105 Å². The number of methoxy groups -OCH3 is 1. The van der Waals surface area contributed by atoms with E-state index in [1.165, 1.54) is 24.1 Å². The first-order valence-corrected chi connectivity index (χ1v) is 9.61. The lowest BCUT2D eigenvalue weighted by Crippen LogP contribution is -2.33. The van der Waals surface area contributed by atoms with Gasteiger partial charge in [0.05, 0.1) is 25.0 Å². The molecule has 2 amide bonds. The van der Waals surface area contributed by atoms with Crippen LogP contribution in [0.2, 0.25) is 0 Å². The van der Waals surface area contributed by atoms with E-state index in [0.29, 0.717) is 22.7 Å². The molecule has 0 spiro atoms. The third-order valence-corrected chi connectivity index (χ3v) is 5.61. The van der Waals surface area contributed by atoms with Gasteiger partial charge in [-0.1, -0.05) is 6.07 Å². The minimum Gasteiger partial charge on any atom is -0.497 e. The maximum absolute atomic E-state index is 12.4. The van der Waals surface area contributed by atoms with Crippen molar-refractivity contribution in [3.05, 3.63) is 48.0 Å². The minimum atomic E-state index is -3.88. The summed E-state index contributed by atoms with van der Waals surface area (Å²) in [5.41, 5.74) is 1.83. The molecule has 0 bridgehead atoms. The van der Waals surface area contributed by atoms with Crippen LogP contribution in [0.5, 0.6) is 5.75 Å². The molecule has 1 heterocycles. The van der Waals surface area contributed by atoms with Crippen molar-refractivity contribution in [2.45, 2.75) is 11.3 Å². The highest BCUT2D eigenvalue weighted by atomic mass is 32.2. The zero-order chi connectivity index (χ0) is 19.6. The molecular formula is C18H19N3O5S. The third kappa shape index (κ3) is 4.09. The van der Waals surface area contributed by atoms with Crippen molar-refractivity contribution in [2.24, 2.45) is 0 Å². The van der Waals surface area contributed by atoms with Crippen molar-refractivity contribution in [3.8, 4) is 5.75 Å². The molecule has 1 aliphatic heterocycles. The lowest BCUT2D eigenvalue weighted by atomic mass is 10.2. The van der Waals surface area contributed by atoms with Gasteiger partial charge in [0, 0.05) is 24.5 Å². The summed E-state index contributed by atoms with van der Waals surface area (Å²) in [4.78, 5) is 25.3. The van der Waals surface area contributed by atoms with Gasteiger partial charge in [0.25, 0.3) is 0 Å². The molecule has 1 aliphatic rings. The van der Waals surface area contributed by atoms with Crippen LogP contribution in [0.25, 0.3) is 0 Å². The normalized spacial score (nSPS) is 13.4. The summed E-state index contributed by atoms with van der Waals surface area (Å²) in [6, 6.07) is 11.2. The van der Waals surface area contributed by atoms with Crippen molar-refractivity contribution in [1.29, 1.82) is 0 Å². The first kappa shape index (κ1) is 18.9. The predicted octanol–water partition coefficient (Wildman–Crippen LogP) is 1.13. The predicted molar refractivity (Wildman–Crippen MR) is 100 cm³/mol. The summed E-state index contributed by atoms with van der Waals surface area (Å²) in [5.74, 6) is -0.0286. The molecule has 0 aromatic heterocycles. The molecule has 3 rings (SSSR count). The number of anilines is 2. The van der Waals surface area contributed by atoms with Crippen LogP contribution in [0.4, 0.5) is 11.4 Å². The van der Waals surface area contributed by atoms with E-state index >= 15 is 0 Å². The Morgan fingerprint density at radius 3 is 2.74 bits per heavy atom. The van der Waals surface area contributed by atoms with E-state index in [1.54, 1.807) is 37.4 Å². The molecule has 0 radical (unpaired) electrons. The van der Waals surface area contributed by atoms with Crippen LogP contribution >= 0.6 is 0 Å². The maximum Gasteiger partial charge on any atom is 0.241 e. The maximum atomic E-state index is 12.4. The molecule has 0 fully saturated rings. The van der Waals surface area contributed by atoms with Crippen LogP contribution in [-0.2, 0) is 26.0 Å². The summed E-state index contributed by atoms with van der Waals surface area (Å²) in [5, 5.41) is 2.60. The van der Waals surface area contributed by atoms with Crippen molar-refractivity contribution in [3.63, 3.8) is 0 Å². The smallest absolute Gasteiger partial charge is 0.241 e. The third-order valence-electron chi connectivity index (χ3n) is 4.21. The largest absolute Gasteiger partial charge is 0.497 e. The van der Waals surface area contributed by atoms with Gasteiger partial charge in [-0.3, -0.25) is 9.59 Å². The Hall–Kier alpha value is -2.91. The molecule has 2 N–H and O–H groups in total. The van der Waals surface area contributed by atoms with E-state index in [9.17, 15) is 18.0 Å². The Balaban J connectivity index is 1.66. The minimum absolute atomic E-state index is 0.0125. The molecule has 27 heavy (non-hydrogen) atoms. The average molecular weight is 389 g/mol. The number of rotatable bonds is 6. The molecule has 8 nitrogen and oxygen atoms in total. The molecule has 0 atom stereocenters. The number of carbonyl (C=O) groups excluding carboxylic acids is 2. The first-order chi connectivity index (χ1) is 12.8. The fourth-order valence-corrected chi connectivity index (χ4v) is 3.80. The number of nitrogens with zero attached hydrogens (tertiary/aromatic N) is 1. The first-order valence-electron chi connectivity index (χ1n) is 8.13. The lowest BCUT2D eigenvalue weighted by Gasteiger charge is -2.11. The Bertz CT molecular complexity index is 1000.